The van der Waals surface area contributed by atoms with Gasteiger partial charge in [-0.2, -0.15) is 0 Å². The lowest BCUT2D eigenvalue weighted by Gasteiger charge is -2.12. The Morgan fingerprint density at radius 1 is 1.07 bits per heavy atom. The van der Waals surface area contributed by atoms with Crippen molar-refractivity contribution in [1.29, 1.82) is 0 Å². The molecule has 3 aromatic rings. The first kappa shape index (κ1) is 20.3. The van der Waals surface area contributed by atoms with Gasteiger partial charge in [0.1, 0.15) is 5.82 Å². The van der Waals surface area contributed by atoms with Crippen LogP contribution in [-0.4, -0.2) is 55.1 Å². The lowest BCUT2D eigenvalue weighted by atomic mass is 10.0. The monoisotopic (exact) mass is 391 g/mol. The number of ether oxygens (including phenoxy) is 1. The zero-order valence-corrected chi connectivity index (χ0v) is 16.8. The summed E-state index contributed by atoms with van der Waals surface area (Å²) in [5.74, 6) is 0.847. The molecule has 3 N–H and O–H groups in total. The van der Waals surface area contributed by atoms with Gasteiger partial charge in [0.15, 0.2) is 0 Å². The van der Waals surface area contributed by atoms with Crippen LogP contribution in [0.1, 0.15) is 10.4 Å². The molecule has 0 aliphatic carbocycles. The molecule has 0 atom stereocenters. The number of nitrogens with one attached hydrogen (secondary N) is 1. The van der Waals surface area contributed by atoms with Crippen molar-refractivity contribution in [3.8, 4) is 28.1 Å². The maximum Gasteiger partial charge on any atom is 0.251 e. The molecular weight excluding hydrogens is 366 g/mol. The molecule has 0 unspecified atom stereocenters. The normalized spacial score (nSPS) is 10.8. The first-order valence-electron chi connectivity index (χ1n) is 9.27. The van der Waals surface area contributed by atoms with Gasteiger partial charge in [-0.25, -0.2) is 9.97 Å². The van der Waals surface area contributed by atoms with Crippen LogP contribution in [0.5, 0.6) is 5.88 Å². The molecule has 7 heteroatoms. The molecule has 0 saturated carbocycles. The number of hydrogen-bond acceptors (Lipinski definition) is 6. The SMILES string of the molecule is COc1ccc(-c2cc(-c3cccc(C(=O)NCCN(C)C)c3)cnc2N)cn1. The van der Waals surface area contributed by atoms with E-state index in [1.165, 1.54) is 0 Å². The molecule has 1 amide bonds. The van der Waals surface area contributed by atoms with Gasteiger partial charge < -0.3 is 20.7 Å². The third-order valence-corrected chi connectivity index (χ3v) is 4.48. The van der Waals surface area contributed by atoms with E-state index in [2.05, 4.69) is 15.3 Å². The summed E-state index contributed by atoms with van der Waals surface area (Å²) in [5.41, 5.74) is 10.1. The molecular formula is C22H25N5O2. The van der Waals surface area contributed by atoms with Gasteiger partial charge in [-0.15, -0.1) is 0 Å². The van der Waals surface area contributed by atoms with Crippen molar-refractivity contribution in [3.05, 3.63) is 60.4 Å². The molecule has 0 aliphatic heterocycles. The molecule has 0 aliphatic rings. The smallest absolute Gasteiger partial charge is 0.251 e. The fourth-order valence-electron chi connectivity index (χ4n) is 2.86. The summed E-state index contributed by atoms with van der Waals surface area (Å²) in [7, 11) is 5.51. The first-order valence-corrected chi connectivity index (χ1v) is 9.27. The lowest BCUT2D eigenvalue weighted by molar-refractivity contribution is 0.0951. The number of carbonyl (C=O) groups excluding carboxylic acids is 1. The number of anilines is 1. The molecule has 7 nitrogen and oxygen atoms in total. The second-order valence-corrected chi connectivity index (χ2v) is 6.89. The van der Waals surface area contributed by atoms with Crippen molar-refractivity contribution in [2.24, 2.45) is 0 Å². The van der Waals surface area contributed by atoms with Crippen LogP contribution in [0.3, 0.4) is 0 Å². The average Bonchev–Trinajstić information content (AvgIpc) is 2.74. The largest absolute Gasteiger partial charge is 0.481 e. The minimum absolute atomic E-state index is 0.100. The number of carbonyl (C=O) groups is 1. The number of methoxy groups -OCH3 is 1. The predicted octanol–water partition coefficient (Wildman–Crippen LogP) is 2.69. The molecule has 0 saturated heterocycles. The number of aromatic nitrogens is 2. The van der Waals surface area contributed by atoms with Crippen molar-refractivity contribution in [2.45, 2.75) is 0 Å². The fraction of sp³-hybridized carbons (Fsp3) is 0.227. The molecule has 0 radical (unpaired) electrons. The van der Waals surface area contributed by atoms with E-state index in [0.29, 0.717) is 23.8 Å². The molecule has 2 aromatic heterocycles. The van der Waals surface area contributed by atoms with Crippen LogP contribution in [0.2, 0.25) is 0 Å². The third-order valence-electron chi connectivity index (χ3n) is 4.48. The Bertz CT molecular complexity index is 987. The van der Waals surface area contributed by atoms with Gasteiger partial charge in [0.2, 0.25) is 5.88 Å². The van der Waals surface area contributed by atoms with Crippen molar-refractivity contribution >= 4 is 11.7 Å². The maximum atomic E-state index is 12.4. The number of benzene rings is 1. The van der Waals surface area contributed by atoms with E-state index in [9.17, 15) is 4.79 Å². The van der Waals surface area contributed by atoms with Crippen LogP contribution in [0, 0.1) is 0 Å². The van der Waals surface area contributed by atoms with Crippen molar-refractivity contribution < 1.29 is 9.53 Å². The van der Waals surface area contributed by atoms with Crippen LogP contribution in [0.4, 0.5) is 5.82 Å². The summed E-state index contributed by atoms with van der Waals surface area (Å²) in [4.78, 5) is 23.0. The number of rotatable bonds is 7. The number of nitrogens with zero attached hydrogens (tertiary/aromatic N) is 3. The van der Waals surface area contributed by atoms with Crippen LogP contribution < -0.4 is 15.8 Å². The van der Waals surface area contributed by atoms with E-state index >= 15 is 0 Å². The number of likely N-dealkylation sites (N-methyl/N-ethyl adjacent to an activating group) is 1. The second-order valence-electron chi connectivity index (χ2n) is 6.89. The van der Waals surface area contributed by atoms with Crippen LogP contribution >= 0.6 is 0 Å². The highest BCUT2D eigenvalue weighted by Crippen LogP contribution is 2.30. The van der Waals surface area contributed by atoms with E-state index < -0.39 is 0 Å². The Morgan fingerprint density at radius 2 is 1.86 bits per heavy atom. The van der Waals surface area contributed by atoms with Gasteiger partial charge >= 0.3 is 0 Å². The van der Waals surface area contributed by atoms with Gasteiger partial charge in [-0.1, -0.05) is 12.1 Å². The Hall–Kier alpha value is -3.45. The first-order chi connectivity index (χ1) is 14.0. The van der Waals surface area contributed by atoms with Gasteiger partial charge in [0, 0.05) is 53.8 Å². The van der Waals surface area contributed by atoms with E-state index in [0.717, 1.165) is 28.8 Å². The molecule has 3 rings (SSSR count). The van der Waals surface area contributed by atoms with Gasteiger partial charge in [0.05, 0.1) is 7.11 Å². The fourth-order valence-corrected chi connectivity index (χ4v) is 2.86. The minimum Gasteiger partial charge on any atom is -0.481 e. The van der Waals surface area contributed by atoms with Crippen molar-refractivity contribution in [2.75, 3.05) is 40.0 Å². The molecule has 150 valence electrons. The Kier molecular flexibility index (Phi) is 6.41. The highest BCUT2D eigenvalue weighted by molar-refractivity contribution is 5.95. The minimum atomic E-state index is -0.100. The Labute approximate surface area is 170 Å². The zero-order valence-electron chi connectivity index (χ0n) is 16.8. The summed E-state index contributed by atoms with van der Waals surface area (Å²) in [6.07, 6.45) is 3.41. The molecule has 2 heterocycles. The molecule has 1 aromatic carbocycles. The standard InChI is InChI=1S/C22H25N5O2/c1-27(2)10-9-24-22(28)16-6-4-5-15(11-16)18-12-19(21(23)26-14-18)17-7-8-20(29-3)25-13-17/h4-8,11-14H,9-10H2,1-3H3,(H2,23,26)(H,24,28). The number of nitrogens with two attached hydrogens (primary N) is 1. The van der Waals surface area contributed by atoms with Crippen molar-refractivity contribution in [1.82, 2.24) is 20.2 Å². The number of pyridine rings is 2. The number of nitrogen functional groups attached to an aromatic ring is 1. The average molecular weight is 391 g/mol. The van der Waals surface area contributed by atoms with E-state index in [1.54, 1.807) is 31.6 Å². The molecule has 0 bridgehead atoms. The Balaban J connectivity index is 1.86. The van der Waals surface area contributed by atoms with E-state index in [1.807, 2.05) is 49.3 Å². The van der Waals surface area contributed by atoms with Crippen molar-refractivity contribution in [3.63, 3.8) is 0 Å². The Morgan fingerprint density at radius 3 is 2.55 bits per heavy atom. The highest BCUT2D eigenvalue weighted by atomic mass is 16.5. The molecule has 29 heavy (non-hydrogen) atoms. The highest BCUT2D eigenvalue weighted by Gasteiger charge is 2.11. The number of hydrogen-bond donors (Lipinski definition) is 2. The van der Waals surface area contributed by atoms with Gasteiger partial charge in [-0.3, -0.25) is 4.79 Å². The van der Waals surface area contributed by atoms with Crippen LogP contribution in [0.25, 0.3) is 22.3 Å². The van der Waals surface area contributed by atoms with Gasteiger partial charge in [-0.05, 0) is 43.9 Å². The topological polar surface area (TPSA) is 93.4 Å². The summed E-state index contributed by atoms with van der Waals surface area (Å²) in [6, 6.07) is 13.1. The lowest BCUT2D eigenvalue weighted by Crippen LogP contribution is -2.31. The number of amides is 1. The van der Waals surface area contributed by atoms with E-state index in [-0.39, 0.29) is 5.91 Å². The zero-order chi connectivity index (χ0) is 20.8. The van der Waals surface area contributed by atoms with Crippen LogP contribution in [-0.2, 0) is 0 Å². The third kappa shape index (κ3) is 5.08. The molecule has 0 fully saturated rings. The maximum absolute atomic E-state index is 12.4. The summed E-state index contributed by atoms with van der Waals surface area (Å²) >= 11 is 0. The van der Waals surface area contributed by atoms with Crippen LogP contribution in [0.15, 0.2) is 54.9 Å². The predicted molar refractivity (Wildman–Crippen MR) is 115 cm³/mol. The van der Waals surface area contributed by atoms with Gasteiger partial charge in [0.25, 0.3) is 5.91 Å². The summed E-state index contributed by atoms with van der Waals surface area (Å²) in [6.45, 7) is 1.38. The van der Waals surface area contributed by atoms with E-state index in [4.69, 9.17) is 10.5 Å². The quantitative estimate of drug-likeness (QED) is 0.643. The summed E-state index contributed by atoms with van der Waals surface area (Å²) in [5, 5.41) is 2.93. The summed E-state index contributed by atoms with van der Waals surface area (Å²) < 4.78 is 5.11. The molecule has 0 spiro atoms. The second kappa shape index (κ2) is 9.16.